The Labute approximate surface area is 247 Å². The molecule has 4 atom stereocenters. The molecule has 7 nitrogen and oxygen atoms in total. The molecule has 11 heteroatoms. The smallest absolute Gasteiger partial charge is 0.309 e. The second-order valence-corrected chi connectivity index (χ2v) is 11.9. The fourth-order valence-corrected chi connectivity index (χ4v) is 6.42. The van der Waals surface area contributed by atoms with Crippen LogP contribution in [0.25, 0.3) is 0 Å². The van der Waals surface area contributed by atoms with E-state index in [-0.39, 0.29) is 24.8 Å². The highest BCUT2D eigenvalue weighted by atomic mass is 79.9. The molecule has 0 bridgehead atoms. The summed E-state index contributed by atoms with van der Waals surface area (Å²) in [6.45, 7) is 1.44. The minimum atomic E-state index is -1.38. The van der Waals surface area contributed by atoms with Crippen molar-refractivity contribution in [1.29, 1.82) is 0 Å². The van der Waals surface area contributed by atoms with Crippen LogP contribution in [0.2, 0.25) is 15.1 Å². The molecule has 2 aliphatic heterocycles. The molecule has 1 saturated heterocycles. The minimum absolute atomic E-state index is 0.0501. The highest BCUT2D eigenvalue weighted by Crippen LogP contribution is 2.59. The third kappa shape index (κ3) is 4.88. The van der Waals surface area contributed by atoms with Gasteiger partial charge in [-0.1, -0.05) is 56.8 Å². The fraction of sp³-hybridized carbons (Fsp3) is 0.250. The number of benzene rings is 3. The van der Waals surface area contributed by atoms with Gasteiger partial charge in [-0.2, -0.15) is 0 Å². The first-order chi connectivity index (χ1) is 18.5. The number of amides is 2. The van der Waals surface area contributed by atoms with Crippen molar-refractivity contribution in [2.75, 3.05) is 11.9 Å². The SMILES string of the molecule is CC(COc1ccc(Br)cc1C1CC(=O)NC(c2cc(Cl)ccc2Cl)C12C(=O)Nc1cc(Cl)ccc12)C(=O)O. The van der Waals surface area contributed by atoms with Crippen LogP contribution in [-0.4, -0.2) is 29.5 Å². The Bertz CT molecular complexity index is 1520. The number of aliphatic carboxylic acids is 1. The highest BCUT2D eigenvalue weighted by molar-refractivity contribution is 9.10. The third-order valence-electron chi connectivity index (χ3n) is 7.28. The van der Waals surface area contributed by atoms with Gasteiger partial charge in [0, 0.05) is 43.1 Å². The number of halogens is 4. The molecule has 0 saturated carbocycles. The number of hydrogen-bond donors (Lipinski definition) is 3. The van der Waals surface area contributed by atoms with E-state index in [4.69, 9.17) is 39.5 Å². The normalized spacial score (nSPS) is 22.7. The quantitative estimate of drug-likeness (QED) is 0.274. The topological polar surface area (TPSA) is 105 Å². The van der Waals surface area contributed by atoms with Crippen molar-refractivity contribution in [2.45, 2.75) is 30.7 Å². The Morgan fingerprint density at radius 3 is 2.54 bits per heavy atom. The molecule has 4 unspecified atom stereocenters. The molecular formula is C28H22BrCl3N2O5. The molecule has 3 aromatic carbocycles. The van der Waals surface area contributed by atoms with Gasteiger partial charge < -0.3 is 20.5 Å². The van der Waals surface area contributed by atoms with Crippen LogP contribution in [0.15, 0.2) is 59.1 Å². The molecule has 1 fully saturated rings. The average molecular weight is 653 g/mol. The lowest BCUT2D eigenvalue weighted by molar-refractivity contribution is -0.142. The molecule has 202 valence electrons. The van der Waals surface area contributed by atoms with E-state index in [2.05, 4.69) is 26.6 Å². The Hall–Kier alpha value is -2.78. The molecule has 2 aliphatic rings. The van der Waals surface area contributed by atoms with Gasteiger partial charge in [-0.15, -0.1) is 0 Å². The number of anilines is 1. The summed E-state index contributed by atoms with van der Waals surface area (Å²) < 4.78 is 6.70. The molecule has 0 aliphatic carbocycles. The molecule has 5 rings (SSSR count). The monoisotopic (exact) mass is 650 g/mol. The number of fused-ring (bicyclic) bond motifs is 2. The lowest BCUT2D eigenvalue weighted by atomic mass is 9.59. The Morgan fingerprint density at radius 1 is 1.08 bits per heavy atom. The first kappa shape index (κ1) is 27.8. The first-order valence-corrected chi connectivity index (χ1v) is 14.0. The van der Waals surface area contributed by atoms with Gasteiger partial charge in [0.1, 0.15) is 17.8 Å². The van der Waals surface area contributed by atoms with E-state index >= 15 is 0 Å². The highest BCUT2D eigenvalue weighted by Gasteiger charge is 2.62. The van der Waals surface area contributed by atoms with Gasteiger partial charge in [-0.3, -0.25) is 14.4 Å². The molecular weight excluding hydrogens is 631 g/mol. The summed E-state index contributed by atoms with van der Waals surface area (Å²) >= 11 is 22.8. The van der Waals surface area contributed by atoms with Gasteiger partial charge in [0.25, 0.3) is 0 Å². The van der Waals surface area contributed by atoms with Gasteiger partial charge >= 0.3 is 5.97 Å². The summed E-state index contributed by atoms with van der Waals surface area (Å²) in [6, 6.07) is 14.4. The van der Waals surface area contributed by atoms with E-state index < -0.39 is 29.3 Å². The van der Waals surface area contributed by atoms with Crippen molar-refractivity contribution < 1.29 is 24.2 Å². The average Bonchev–Trinajstić information content (AvgIpc) is 3.16. The van der Waals surface area contributed by atoms with Crippen LogP contribution < -0.4 is 15.4 Å². The van der Waals surface area contributed by atoms with Crippen molar-refractivity contribution >= 4 is 74.2 Å². The Morgan fingerprint density at radius 2 is 1.79 bits per heavy atom. The van der Waals surface area contributed by atoms with E-state index in [1.54, 1.807) is 54.6 Å². The lowest BCUT2D eigenvalue weighted by Gasteiger charge is -2.47. The van der Waals surface area contributed by atoms with Crippen molar-refractivity contribution in [3.8, 4) is 5.75 Å². The van der Waals surface area contributed by atoms with Crippen molar-refractivity contribution in [3.63, 3.8) is 0 Å². The summed E-state index contributed by atoms with van der Waals surface area (Å²) in [4.78, 5) is 39.0. The zero-order valence-electron chi connectivity index (χ0n) is 20.4. The number of carboxylic acid groups (broad SMARTS) is 1. The van der Waals surface area contributed by atoms with Crippen LogP contribution in [0, 0.1) is 5.92 Å². The number of carboxylic acids is 1. The summed E-state index contributed by atoms with van der Waals surface area (Å²) in [6.07, 6.45) is -0.0501. The van der Waals surface area contributed by atoms with Crippen LogP contribution in [0.4, 0.5) is 5.69 Å². The van der Waals surface area contributed by atoms with E-state index in [1.807, 2.05) is 0 Å². The lowest BCUT2D eigenvalue weighted by Crippen LogP contribution is -2.57. The van der Waals surface area contributed by atoms with E-state index in [9.17, 15) is 19.5 Å². The maximum Gasteiger partial charge on any atom is 0.309 e. The zero-order chi connectivity index (χ0) is 28.1. The van der Waals surface area contributed by atoms with E-state index in [0.717, 1.165) is 0 Å². The molecule has 0 radical (unpaired) electrons. The minimum Gasteiger partial charge on any atom is -0.492 e. The van der Waals surface area contributed by atoms with Gasteiger partial charge in [0.05, 0.1) is 12.0 Å². The number of ether oxygens (including phenoxy) is 1. The standard InChI is InChI=1S/C28H22BrCl3N2O5/c1-13(26(36)37)12-39-23-7-2-14(29)8-17(23)20-11-24(35)34-25(18-9-15(30)4-6-21(18)32)28(20)19-5-3-16(31)10-22(19)33-27(28)38/h2-10,13,20,25H,11-12H2,1H3,(H,33,38)(H,34,35)(H,36,37). The fourth-order valence-electron chi connectivity index (χ4n) is 5.47. The van der Waals surface area contributed by atoms with Crippen LogP contribution in [0.3, 0.4) is 0 Å². The third-order valence-corrected chi connectivity index (χ3v) is 8.59. The molecule has 39 heavy (non-hydrogen) atoms. The summed E-state index contributed by atoms with van der Waals surface area (Å²) in [5.74, 6) is -2.79. The van der Waals surface area contributed by atoms with Gasteiger partial charge in [0.2, 0.25) is 11.8 Å². The number of carbonyl (C=O) groups is 3. The second-order valence-electron chi connectivity index (χ2n) is 9.67. The van der Waals surface area contributed by atoms with E-state index in [1.165, 1.54) is 6.92 Å². The maximum atomic E-state index is 14.2. The van der Waals surface area contributed by atoms with Crippen LogP contribution >= 0.6 is 50.7 Å². The summed E-state index contributed by atoms with van der Waals surface area (Å²) in [7, 11) is 0. The maximum absolute atomic E-state index is 14.2. The summed E-state index contributed by atoms with van der Waals surface area (Å²) in [5, 5.41) is 16.5. The predicted octanol–water partition coefficient (Wildman–Crippen LogP) is 6.74. The molecule has 2 heterocycles. The Balaban J connectivity index is 1.77. The molecule has 1 spiro atoms. The number of nitrogens with one attached hydrogen (secondary N) is 2. The molecule has 0 aromatic heterocycles. The predicted molar refractivity (Wildman–Crippen MR) is 153 cm³/mol. The molecule has 3 aromatic rings. The van der Waals surface area contributed by atoms with Crippen molar-refractivity contribution in [1.82, 2.24) is 5.32 Å². The number of piperidine rings is 1. The number of hydrogen-bond acceptors (Lipinski definition) is 4. The Kier molecular flexibility index (Phi) is 7.59. The van der Waals surface area contributed by atoms with Gasteiger partial charge in [-0.25, -0.2) is 0 Å². The van der Waals surface area contributed by atoms with Crippen LogP contribution in [0.5, 0.6) is 5.75 Å². The zero-order valence-corrected chi connectivity index (χ0v) is 24.3. The number of rotatable bonds is 6. The van der Waals surface area contributed by atoms with Crippen LogP contribution in [0.1, 0.15) is 42.0 Å². The van der Waals surface area contributed by atoms with Crippen LogP contribution in [-0.2, 0) is 19.8 Å². The molecule has 3 N–H and O–H groups in total. The van der Waals surface area contributed by atoms with Crippen molar-refractivity contribution in [3.05, 3.63) is 90.8 Å². The molecule has 2 amide bonds. The van der Waals surface area contributed by atoms with Gasteiger partial charge in [-0.05, 0) is 66.6 Å². The number of carbonyl (C=O) groups excluding carboxylic acids is 2. The largest absolute Gasteiger partial charge is 0.492 e. The van der Waals surface area contributed by atoms with Gasteiger partial charge in [0.15, 0.2) is 0 Å². The first-order valence-electron chi connectivity index (χ1n) is 12.0. The second kappa shape index (κ2) is 10.7. The van der Waals surface area contributed by atoms with Crippen molar-refractivity contribution in [2.24, 2.45) is 5.92 Å². The summed E-state index contributed by atoms with van der Waals surface area (Å²) in [5.41, 5.74) is 0.830. The van der Waals surface area contributed by atoms with E-state index in [0.29, 0.717) is 47.7 Å².